The Balaban J connectivity index is 1.90. The molecule has 1 amide bonds. The normalized spacial score (nSPS) is 22.1. The van der Waals surface area contributed by atoms with Gasteiger partial charge in [0, 0.05) is 13.1 Å². The van der Waals surface area contributed by atoms with E-state index in [-0.39, 0.29) is 23.0 Å². The van der Waals surface area contributed by atoms with Crippen molar-refractivity contribution in [2.75, 3.05) is 26.2 Å². The first-order valence-electron chi connectivity index (χ1n) is 6.49. The molecule has 1 fully saturated rings. The van der Waals surface area contributed by atoms with Crippen LogP contribution in [0.15, 0.2) is 18.2 Å². The maximum absolute atomic E-state index is 12.9. The number of likely N-dealkylation sites (tertiary alicyclic amines) is 1. The highest BCUT2D eigenvalue weighted by molar-refractivity contribution is 6.32. The summed E-state index contributed by atoms with van der Waals surface area (Å²) in [6.07, 6.45) is 0.895. The van der Waals surface area contributed by atoms with Crippen LogP contribution in [0.2, 0.25) is 5.02 Å². The van der Waals surface area contributed by atoms with Crippen LogP contribution in [-0.2, 0) is 4.79 Å². The van der Waals surface area contributed by atoms with Gasteiger partial charge >= 0.3 is 0 Å². The topological polar surface area (TPSA) is 55.6 Å². The summed E-state index contributed by atoms with van der Waals surface area (Å²) in [7, 11) is 0. The fourth-order valence-electron chi connectivity index (χ4n) is 2.23. The molecule has 0 radical (unpaired) electrons. The summed E-state index contributed by atoms with van der Waals surface area (Å²) >= 11 is 5.83. The molecule has 0 aromatic heterocycles. The highest BCUT2D eigenvalue weighted by Crippen LogP contribution is 2.29. The average molecular weight is 301 g/mol. The Hall–Kier alpha value is -1.33. The Bertz CT molecular complexity index is 512. The largest absolute Gasteiger partial charge is 0.482 e. The Kier molecular flexibility index (Phi) is 4.50. The number of nitrogens with two attached hydrogens (primary N) is 1. The number of carbonyl (C=O) groups is 1. The molecule has 1 atom stereocenters. The van der Waals surface area contributed by atoms with Gasteiger partial charge in [0.2, 0.25) is 0 Å². The van der Waals surface area contributed by atoms with Crippen LogP contribution in [0, 0.1) is 11.2 Å². The van der Waals surface area contributed by atoms with E-state index in [4.69, 9.17) is 22.1 Å². The van der Waals surface area contributed by atoms with Crippen LogP contribution in [-0.4, -0.2) is 37.0 Å². The number of ether oxygens (including phenoxy) is 1. The van der Waals surface area contributed by atoms with E-state index in [0.717, 1.165) is 12.5 Å². The lowest BCUT2D eigenvalue weighted by Crippen LogP contribution is -2.36. The Morgan fingerprint density at radius 2 is 2.35 bits per heavy atom. The lowest BCUT2D eigenvalue weighted by Gasteiger charge is -2.22. The van der Waals surface area contributed by atoms with Crippen molar-refractivity contribution < 1.29 is 13.9 Å². The highest BCUT2D eigenvalue weighted by Gasteiger charge is 2.34. The van der Waals surface area contributed by atoms with Crippen LogP contribution in [0.5, 0.6) is 5.75 Å². The van der Waals surface area contributed by atoms with Crippen molar-refractivity contribution in [2.24, 2.45) is 11.1 Å². The molecule has 2 N–H and O–H groups in total. The van der Waals surface area contributed by atoms with Crippen molar-refractivity contribution in [3.63, 3.8) is 0 Å². The number of nitrogens with zero attached hydrogens (tertiary/aromatic N) is 1. The van der Waals surface area contributed by atoms with E-state index in [1.165, 1.54) is 12.1 Å². The molecule has 1 heterocycles. The standard InChI is InChI=1S/C14H18ClFN2O2/c1-14(8-17)4-5-18(9-14)13(19)7-20-12-3-2-10(16)6-11(12)15/h2-3,6H,4-5,7-9,17H2,1H3. The van der Waals surface area contributed by atoms with Gasteiger partial charge in [0.05, 0.1) is 5.02 Å². The van der Waals surface area contributed by atoms with Gasteiger partial charge in [-0.15, -0.1) is 0 Å². The predicted molar refractivity (Wildman–Crippen MR) is 75.3 cm³/mol. The van der Waals surface area contributed by atoms with Gasteiger partial charge in [-0.25, -0.2) is 4.39 Å². The minimum atomic E-state index is -0.438. The molecule has 2 rings (SSSR count). The number of hydrogen-bond acceptors (Lipinski definition) is 3. The van der Waals surface area contributed by atoms with E-state index in [9.17, 15) is 9.18 Å². The zero-order valence-electron chi connectivity index (χ0n) is 11.4. The second kappa shape index (κ2) is 5.97. The quantitative estimate of drug-likeness (QED) is 0.926. The van der Waals surface area contributed by atoms with Crippen LogP contribution in [0.4, 0.5) is 4.39 Å². The zero-order chi connectivity index (χ0) is 14.8. The van der Waals surface area contributed by atoms with Gasteiger partial charge in [0.15, 0.2) is 6.61 Å². The minimum absolute atomic E-state index is 0.0107. The van der Waals surface area contributed by atoms with Crippen LogP contribution < -0.4 is 10.5 Å². The van der Waals surface area contributed by atoms with E-state index in [2.05, 4.69) is 6.92 Å². The molecule has 1 unspecified atom stereocenters. The molecule has 1 saturated heterocycles. The molecule has 0 spiro atoms. The second-order valence-electron chi connectivity index (χ2n) is 5.44. The van der Waals surface area contributed by atoms with Crippen molar-refractivity contribution in [1.82, 2.24) is 4.90 Å². The van der Waals surface area contributed by atoms with Gasteiger partial charge in [-0.2, -0.15) is 0 Å². The Morgan fingerprint density at radius 1 is 1.60 bits per heavy atom. The molecule has 1 aromatic rings. The lowest BCUT2D eigenvalue weighted by molar-refractivity contribution is -0.132. The van der Waals surface area contributed by atoms with Gasteiger partial charge in [-0.3, -0.25) is 4.79 Å². The summed E-state index contributed by atoms with van der Waals surface area (Å²) in [5.74, 6) is -0.239. The van der Waals surface area contributed by atoms with Crippen molar-refractivity contribution in [3.05, 3.63) is 29.0 Å². The molecule has 1 aliphatic heterocycles. The molecular formula is C14H18ClFN2O2. The first-order chi connectivity index (χ1) is 9.43. The van der Waals surface area contributed by atoms with E-state index in [1.54, 1.807) is 4.90 Å². The van der Waals surface area contributed by atoms with E-state index in [1.807, 2.05) is 0 Å². The molecule has 0 saturated carbocycles. The molecule has 110 valence electrons. The Labute approximate surface area is 122 Å². The number of carbonyl (C=O) groups excluding carboxylic acids is 1. The molecule has 6 heteroatoms. The third-order valence-corrected chi connectivity index (χ3v) is 3.94. The van der Waals surface area contributed by atoms with Crippen molar-refractivity contribution in [1.29, 1.82) is 0 Å². The fraction of sp³-hybridized carbons (Fsp3) is 0.500. The lowest BCUT2D eigenvalue weighted by atomic mass is 9.90. The van der Waals surface area contributed by atoms with E-state index < -0.39 is 5.82 Å². The van der Waals surface area contributed by atoms with E-state index >= 15 is 0 Å². The maximum Gasteiger partial charge on any atom is 0.260 e. The highest BCUT2D eigenvalue weighted by atomic mass is 35.5. The van der Waals surface area contributed by atoms with Gasteiger partial charge in [0.25, 0.3) is 5.91 Å². The van der Waals surface area contributed by atoms with Crippen molar-refractivity contribution in [2.45, 2.75) is 13.3 Å². The maximum atomic E-state index is 12.9. The Morgan fingerprint density at radius 3 is 2.95 bits per heavy atom. The predicted octanol–water partition coefficient (Wildman–Crippen LogP) is 2.06. The summed E-state index contributed by atoms with van der Waals surface area (Å²) in [6, 6.07) is 3.81. The fourth-order valence-corrected chi connectivity index (χ4v) is 2.45. The van der Waals surface area contributed by atoms with Gasteiger partial charge in [0.1, 0.15) is 11.6 Å². The van der Waals surface area contributed by atoms with Crippen LogP contribution in [0.3, 0.4) is 0 Å². The number of amides is 1. The van der Waals surface area contributed by atoms with Crippen LogP contribution in [0.1, 0.15) is 13.3 Å². The minimum Gasteiger partial charge on any atom is -0.482 e. The smallest absolute Gasteiger partial charge is 0.260 e. The number of halogens is 2. The number of rotatable bonds is 4. The summed E-state index contributed by atoms with van der Waals surface area (Å²) in [5.41, 5.74) is 5.70. The van der Waals surface area contributed by atoms with Crippen molar-refractivity contribution >= 4 is 17.5 Å². The van der Waals surface area contributed by atoms with Crippen LogP contribution >= 0.6 is 11.6 Å². The zero-order valence-corrected chi connectivity index (χ0v) is 12.1. The molecular weight excluding hydrogens is 283 g/mol. The molecule has 0 aliphatic carbocycles. The summed E-state index contributed by atoms with van der Waals surface area (Å²) in [4.78, 5) is 13.8. The third-order valence-electron chi connectivity index (χ3n) is 3.65. The van der Waals surface area contributed by atoms with E-state index in [0.29, 0.717) is 25.4 Å². The second-order valence-corrected chi connectivity index (χ2v) is 5.85. The van der Waals surface area contributed by atoms with Gasteiger partial charge in [-0.1, -0.05) is 18.5 Å². The molecule has 4 nitrogen and oxygen atoms in total. The van der Waals surface area contributed by atoms with Gasteiger partial charge in [-0.05, 0) is 36.6 Å². The summed E-state index contributed by atoms with van der Waals surface area (Å²) in [5, 5.41) is 0.158. The SMILES string of the molecule is CC1(CN)CCN(C(=O)COc2ccc(F)cc2Cl)C1. The van der Waals surface area contributed by atoms with Crippen LogP contribution in [0.25, 0.3) is 0 Å². The molecule has 1 aliphatic rings. The van der Waals surface area contributed by atoms with Gasteiger partial charge < -0.3 is 15.4 Å². The average Bonchev–Trinajstić information content (AvgIpc) is 2.81. The number of benzene rings is 1. The molecule has 20 heavy (non-hydrogen) atoms. The first-order valence-corrected chi connectivity index (χ1v) is 6.87. The third kappa shape index (κ3) is 3.41. The number of hydrogen-bond donors (Lipinski definition) is 1. The van der Waals surface area contributed by atoms with Crippen molar-refractivity contribution in [3.8, 4) is 5.75 Å². The molecule has 1 aromatic carbocycles. The summed E-state index contributed by atoms with van der Waals surface area (Å²) < 4.78 is 18.2. The summed E-state index contributed by atoms with van der Waals surface area (Å²) in [6.45, 7) is 3.85. The molecule has 0 bridgehead atoms. The first kappa shape index (κ1) is 15.1. The monoisotopic (exact) mass is 300 g/mol.